The van der Waals surface area contributed by atoms with Gasteiger partial charge in [0.2, 0.25) is 9.76 Å². The molecule has 72 valence electrons. The van der Waals surface area contributed by atoms with Crippen molar-refractivity contribution in [2.75, 3.05) is 0 Å². The second-order valence-corrected chi connectivity index (χ2v) is 5.96. The first-order valence-electron chi connectivity index (χ1n) is 5.26. The molecule has 2 aliphatic rings. The Bertz CT molecular complexity index is 255. The number of rotatable bonds is 3. The molecule has 2 unspecified atom stereocenters. The Morgan fingerprint density at radius 3 is 3.00 bits per heavy atom. The molecule has 2 rings (SSSR count). The van der Waals surface area contributed by atoms with E-state index in [2.05, 4.69) is 26.0 Å². The van der Waals surface area contributed by atoms with Gasteiger partial charge < -0.3 is 4.43 Å². The van der Waals surface area contributed by atoms with Crippen LogP contribution in [0.3, 0.4) is 0 Å². The summed E-state index contributed by atoms with van der Waals surface area (Å²) in [5, 5.41) is 1.46. The predicted octanol–water partition coefficient (Wildman–Crippen LogP) is 2.32. The maximum absolute atomic E-state index is 5.92. The summed E-state index contributed by atoms with van der Waals surface area (Å²) in [5.41, 5.74) is 0. The standard InChI is InChI=1S/C11H18OSi/c1-3-8(2)13-12-11-7-9-4-5-10(11)6-9/h3,7,9-10H,4-6,13H2,1-2H3/b8-3+. The molecule has 0 aromatic heterocycles. The molecule has 13 heavy (non-hydrogen) atoms. The quantitative estimate of drug-likeness (QED) is 0.627. The summed E-state index contributed by atoms with van der Waals surface area (Å²) in [6, 6.07) is 0. The number of hydrogen-bond acceptors (Lipinski definition) is 1. The van der Waals surface area contributed by atoms with Gasteiger partial charge in [0, 0.05) is 5.92 Å². The smallest absolute Gasteiger partial charge is 0.246 e. The van der Waals surface area contributed by atoms with Crippen LogP contribution in [0.4, 0.5) is 0 Å². The van der Waals surface area contributed by atoms with Crippen LogP contribution >= 0.6 is 0 Å². The topological polar surface area (TPSA) is 9.23 Å². The molecule has 1 fully saturated rings. The van der Waals surface area contributed by atoms with Crippen molar-refractivity contribution in [1.82, 2.24) is 0 Å². The van der Waals surface area contributed by atoms with E-state index in [9.17, 15) is 0 Å². The average Bonchev–Trinajstić information content (AvgIpc) is 2.74. The third-order valence-electron chi connectivity index (χ3n) is 3.23. The zero-order valence-corrected chi connectivity index (χ0v) is 9.96. The summed E-state index contributed by atoms with van der Waals surface area (Å²) >= 11 is 0. The van der Waals surface area contributed by atoms with Gasteiger partial charge in [0.05, 0.1) is 5.76 Å². The maximum atomic E-state index is 5.92. The van der Waals surface area contributed by atoms with E-state index in [1.165, 1.54) is 30.2 Å². The highest BCUT2D eigenvalue weighted by molar-refractivity contribution is 6.38. The highest BCUT2D eigenvalue weighted by atomic mass is 28.2. The number of allylic oxidation sites excluding steroid dienone is 4. The summed E-state index contributed by atoms with van der Waals surface area (Å²) < 4.78 is 5.92. The second-order valence-electron chi connectivity index (χ2n) is 4.26. The van der Waals surface area contributed by atoms with E-state index >= 15 is 0 Å². The Morgan fingerprint density at radius 2 is 2.46 bits per heavy atom. The minimum absolute atomic E-state index is 0.421. The van der Waals surface area contributed by atoms with Gasteiger partial charge in [-0.15, -0.1) is 0 Å². The first kappa shape index (κ1) is 9.07. The summed E-state index contributed by atoms with van der Waals surface area (Å²) in [5.74, 6) is 2.99. The fraction of sp³-hybridized carbons (Fsp3) is 0.636. The van der Waals surface area contributed by atoms with Crippen molar-refractivity contribution in [1.29, 1.82) is 0 Å². The molecule has 2 heteroatoms. The van der Waals surface area contributed by atoms with Crippen LogP contribution in [-0.2, 0) is 4.43 Å². The Labute approximate surface area is 82.8 Å². The minimum Gasteiger partial charge on any atom is -0.548 e. The van der Waals surface area contributed by atoms with Crippen LogP contribution in [0.15, 0.2) is 23.1 Å². The number of fused-ring (bicyclic) bond motifs is 2. The molecule has 2 atom stereocenters. The van der Waals surface area contributed by atoms with Gasteiger partial charge in [0.25, 0.3) is 0 Å². The van der Waals surface area contributed by atoms with Gasteiger partial charge in [-0.3, -0.25) is 0 Å². The largest absolute Gasteiger partial charge is 0.548 e. The minimum atomic E-state index is -0.421. The third kappa shape index (κ3) is 1.88. The van der Waals surface area contributed by atoms with Crippen LogP contribution in [0.2, 0.25) is 0 Å². The third-order valence-corrected chi connectivity index (χ3v) is 4.58. The fourth-order valence-corrected chi connectivity index (χ4v) is 3.13. The lowest BCUT2D eigenvalue weighted by molar-refractivity contribution is 0.375. The van der Waals surface area contributed by atoms with Gasteiger partial charge in [0.15, 0.2) is 0 Å². The first-order chi connectivity index (χ1) is 6.29. The normalized spacial score (nSPS) is 33.1. The summed E-state index contributed by atoms with van der Waals surface area (Å²) in [6.07, 6.45) is 8.71. The fourth-order valence-electron chi connectivity index (χ4n) is 2.24. The van der Waals surface area contributed by atoms with Crippen LogP contribution in [-0.4, -0.2) is 9.76 Å². The van der Waals surface area contributed by atoms with Crippen LogP contribution in [0.25, 0.3) is 0 Å². The molecule has 0 N–H and O–H groups in total. The second kappa shape index (κ2) is 3.70. The van der Waals surface area contributed by atoms with Crippen molar-refractivity contribution in [3.63, 3.8) is 0 Å². The van der Waals surface area contributed by atoms with Crippen molar-refractivity contribution in [3.8, 4) is 0 Å². The van der Waals surface area contributed by atoms with Gasteiger partial charge in [-0.25, -0.2) is 0 Å². The van der Waals surface area contributed by atoms with E-state index in [4.69, 9.17) is 4.43 Å². The van der Waals surface area contributed by atoms with Crippen LogP contribution in [0, 0.1) is 11.8 Å². The molecular weight excluding hydrogens is 176 g/mol. The van der Waals surface area contributed by atoms with E-state index in [1.54, 1.807) is 0 Å². The number of hydrogen-bond donors (Lipinski definition) is 0. The maximum Gasteiger partial charge on any atom is 0.246 e. The Morgan fingerprint density at radius 1 is 1.62 bits per heavy atom. The van der Waals surface area contributed by atoms with E-state index in [-0.39, 0.29) is 0 Å². The molecule has 0 radical (unpaired) electrons. The zero-order chi connectivity index (χ0) is 9.26. The van der Waals surface area contributed by atoms with E-state index in [0.717, 1.165) is 11.8 Å². The molecule has 0 spiro atoms. The van der Waals surface area contributed by atoms with Gasteiger partial charge >= 0.3 is 0 Å². The van der Waals surface area contributed by atoms with E-state index < -0.39 is 9.76 Å². The van der Waals surface area contributed by atoms with Crippen LogP contribution < -0.4 is 0 Å². The summed E-state index contributed by atoms with van der Waals surface area (Å²) in [6.45, 7) is 4.28. The Hall–Kier alpha value is -0.503. The molecule has 1 saturated carbocycles. The lowest BCUT2D eigenvalue weighted by Crippen LogP contribution is -2.06. The van der Waals surface area contributed by atoms with Crippen LogP contribution in [0.1, 0.15) is 33.1 Å². The van der Waals surface area contributed by atoms with E-state index in [0.29, 0.717) is 0 Å². The first-order valence-corrected chi connectivity index (χ1v) is 6.54. The predicted molar refractivity (Wildman–Crippen MR) is 58.0 cm³/mol. The van der Waals surface area contributed by atoms with Gasteiger partial charge in [-0.2, -0.15) is 0 Å². The molecular formula is C11H18OSi. The Kier molecular flexibility index (Phi) is 2.58. The molecule has 2 aliphatic carbocycles. The van der Waals surface area contributed by atoms with Crippen molar-refractivity contribution in [3.05, 3.63) is 23.1 Å². The van der Waals surface area contributed by atoms with Crippen LogP contribution in [0.5, 0.6) is 0 Å². The average molecular weight is 194 g/mol. The molecule has 1 nitrogen and oxygen atoms in total. The molecule has 0 saturated heterocycles. The van der Waals surface area contributed by atoms with Gasteiger partial charge in [-0.05, 0) is 45.1 Å². The Balaban J connectivity index is 1.86. The molecule has 0 heterocycles. The molecule has 0 aliphatic heterocycles. The van der Waals surface area contributed by atoms with E-state index in [1.807, 2.05) is 0 Å². The lowest BCUT2D eigenvalue weighted by Gasteiger charge is -2.15. The van der Waals surface area contributed by atoms with Crippen molar-refractivity contribution in [2.24, 2.45) is 11.8 Å². The summed E-state index contributed by atoms with van der Waals surface area (Å²) in [7, 11) is -0.421. The molecule has 0 aromatic carbocycles. The zero-order valence-electron chi connectivity index (χ0n) is 8.55. The molecule has 0 amide bonds. The van der Waals surface area contributed by atoms with Crippen molar-refractivity contribution in [2.45, 2.75) is 33.1 Å². The van der Waals surface area contributed by atoms with Gasteiger partial charge in [-0.1, -0.05) is 11.3 Å². The highest BCUT2D eigenvalue weighted by Gasteiger charge is 2.33. The monoisotopic (exact) mass is 194 g/mol. The lowest BCUT2D eigenvalue weighted by atomic mass is 10.1. The van der Waals surface area contributed by atoms with Crippen molar-refractivity contribution < 1.29 is 4.43 Å². The van der Waals surface area contributed by atoms with Gasteiger partial charge in [0.1, 0.15) is 0 Å². The molecule has 2 bridgehead atoms. The highest BCUT2D eigenvalue weighted by Crippen LogP contribution is 2.43. The van der Waals surface area contributed by atoms with Crippen molar-refractivity contribution >= 4 is 9.76 Å². The summed E-state index contributed by atoms with van der Waals surface area (Å²) in [4.78, 5) is 0. The molecule has 0 aromatic rings. The SMILES string of the molecule is C/C=C(\C)[SiH2]OC1=CC2CCC1C2.